The van der Waals surface area contributed by atoms with E-state index in [2.05, 4.69) is 25.5 Å². The number of Topliss-reactive ketones (excluding diaryl/α,β-unsaturated/α-hetero) is 1. The van der Waals surface area contributed by atoms with Crippen LogP contribution in [0.4, 0.5) is 24.8 Å². The molecule has 3 aromatic heterocycles. The third-order valence-electron chi connectivity index (χ3n) is 5.15. The Hall–Kier alpha value is -4.28. The Bertz CT molecular complexity index is 1380. The zero-order valence-corrected chi connectivity index (χ0v) is 17.9. The average molecular weight is 468 g/mol. The number of rotatable bonds is 6. The van der Waals surface area contributed by atoms with E-state index < -0.39 is 17.6 Å². The van der Waals surface area contributed by atoms with Crippen LogP contribution in [-0.4, -0.2) is 31.9 Å². The van der Waals surface area contributed by atoms with Crippen molar-refractivity contribution >= 4 is 34.4 Å². The maximum atomic E-state index is 13.1. The number of fused-ring (bicyclic) bond motifs is 1. The molecule has 0 aliphatic rings. The lowest BCUT2D eigenvalue weighted by Crippen LogP contribution is -2.17. The van der Waals surface area contributed by atoms with Crippen LogP contribution < -0.4 is 11.1 Å². The van der Waals surface area contributed by atoms with Crippen molar-refractivity contribution in [3.8, 4) is 11.1 Å². The van der Waals surface area contributed by atoms with Gasteiger partial charge >= 0.3 is 6.18 Å². The number of hydrogen-bond donors (Lipinski definition) is 3. The number of amides is 1. The molecule has 174 valence electrons. The number of pyridine rings is 2. The molecule has 0 saturated heterocycles. The van der Waals surface area contributed by atoms with E-state index in [-0.39, 0.29) is 30.0 Å². The second-order valence-corrected chi connectivity index (χ2v) is 7.71. The molecule has 0 atom stereocenters. The number of H-pyrrole nitrogens is 1. The predicted octanol–water partition coefficient (Wildman–Crippen LogP) is 3.93. The van der Waals surface area contributed by atoms with Crippen LogP contribution in [0.15, 0.2) is 48.8 Å². The highest BCUT2D eigenvalue weighted by Crippen LogP contribution is 2.32. The smallest absolute Gasteiger partial charge is 0.383 e. The lowest BCUT2D eigenvalue weighted by Gasteiger charge is -2.13. The minimum Gasteiger partial charge on any atom is -0.383 e. The number of anilines is 2. The number of nitrogens with two attached hydrogens (primary N) is 1. The summed E-state index contributed by atoms with van der Waals surface area (Å²) in [6.07, 6.45) is -1.85. The van der Waals surface area contributed by atoms with Crippen LogP contribution in [0.3, 0.4) is 0 Å². The fourth-order valence-electron chi connectivity index (χ4n) is 3.61. The Morgan fingerprint density at radius 2 is 1.85 bits per heavy atom. The van der Waals surface area contributed by atoms with Crippen molar-refractivity contribution in [3.63, 3.8) is 0 Å². The molecule has 3 heterocycles. The van der Waals surface area contributed by atoms with E-state index in [1.165, 1.54) is 19.2 Å². The van der Waals surface area contributed by atoms with Gasteiger partial charge in [-0.1, -0.05) is 6.07 Å². The number of benzene rings is 1. The summed E-state index contributed by atoms with van der Waals surface area (Å²) >= 11 is 0. The third-order valence-corrected chi connectivity index (χ3v) is 5.15. The molecule has 0 radical (unpaired) electrons. The first kappa shape index (κ1) is 22.9. The van der Waals surface area contributed by atoms with Crippen LogP contribution in [0, 0.1) is 0 Å². The maximum absolute atomic E-state index is 13.1. The van der Waals surface area contributed by atoms with Gasteiger partial charge in [0.25, 0.3) is 0 Å². The third kappa shape index (κ3) is 4.87. The van der Waals surface area contributed by atoms with Gasteiger partial charge in [0.15, 0.2) is 5.65 Å². The van der Waals surface area contributed by atoms with Gasteiger partial charge in [-0.05, 0) is 53.9 Å². The number of alkyl halides is 3. The summed E-state index contributed by atoms with van der Waals surface area (Å²) in [4.78, 5) is 32.4. The average Bonchev–Trinajstić information content (AvgIpc) is 3.15. The minimum absolute atomic E-state index is 0.0642. The molecule has 0 aliphatic heterocycles. The Morgan fingerprint density at radius 3 is 2.53 bits per heavy atom. The molecule has 4 aromatic rings. The first-order valence-electron chi connectivity index (χ1n) is 10.1. The van der Waals surface area contributed by atoms with Gasteiger partial charge in [0.1, 0.15) is 17.4 Å². The van der Waals surface area contributed by atoms with Crippen molar-refractivity contribution in [3.05, 3.63) is 65.5 Å². The van der Waals surface area contributed by atoms with Crippen LogP contribution in [0.1, 0.15) is 23.6 Å². The molecule has 0 fully saturated rings. The second kappa shape index (κ2) is 8.93. The number of carbonyl (C=O) groups excluding carboxylic acids is 2. The molecule has 4 rings (SSSR count). The van der Waals surface area contributed by atoms with Crippen molar-refractivity contribution in [1.29, 1.82) is 0 Å². The summed E-state index contributed by atoms with van der Waals surface area (Å²) in [5.41, 5.74) is 7.47. The van der Waals surface area contributed by atoms with Crippen LogP contribution >= 0.6 is 0 Å². The number of hydrogen-bond acceptors (Lipinski definition) is 6. The van der Waals surface area contributed by atoms with Gasteiger partial charge in [0.2, 0.25) is 5.91 Å². The van der Waals surface area contributed by atoms with Gasteiger partial charge in [0.05, 0.1) is 17.4 Å². The molecule has 34 heavy (non-hydrogen) atoms. The number of nitrogens with zero attached hydrogens (tertiary/aromatic N) is 3. The molecule has 0 saturated carbocycles. The fourth-order valence-corrected chi connectivity index (χ4v) is 3.61. The molecule has 0 spiro atoms. The van der Waals surface area contributed by atoms with Crippen molar-refractivity contribution in [2.45, 2.75) is 25.9 Å². The summed E-state index contributed by atoms with van der Waals surface area (Å²) in [7, 11) is 0. The minimum atomic E-state index is -4.56. The number of nitrogen functional groups attached to an aromatic ring is 1. The highest BCUT2D eigenvalue weighted by atomic mass is 19.4. The van der Waals surface area contributed by atoms with E-state index in [9.17, 15) is 22.8 Å². The molecule has 0 unspecified atom stereocenters. The van der Waals surface area contributed by atoms with Crippen LogP contribution in [-0.2, 0) is 28.6 Å². The lowest BCUT2D eigenvalue weighted by molar-refractivity contribution is -0.137. The summed E-state index contributed by atoms with van der Waals surface area (Å²) in [6.45, 7) is 1.33. The Kier molecular flexibility index (Phi) is 6.01. The Balaban J connectivity index is 1.53. The van der Waals surface area contributed by atoms with E-state index in [4.69, 9.17) is 5.73 Å². The second-order valence-electron chi connectivity index (χ2n) is 7.71. The van der Waals surface area contributed by atoms with E-state index in [1.807, 2.05) is 0 Å². The van der Waals surface area contributed by atoms with Gasteiger partial charge in [-0.2, -0.15) is 18.3 Å². The highest BCUT2D eigenvalue weighted by Gasteiger charge is 2.31. The van der Waals surface area contributed by atoms with Crippen molar-refractivity contribution in [1.82, 2.24) is 20.2 Å². The zero-order chi connectivity index (χ0) is 24.5. The van der Waals surface area contributed by atoms with Crippen LogP contribution in [0.25, 0.3) is 22.2 Å². The number of aromatic amines is 1. The molecule has 0 aliphatic carbocycles. The molecule has 0 bridgehead atoms. The topological polar surface area (TPSA) is 127 Å². The van der Waals surface area contributed by atoms with Gasteiger partial charge in [0, 0.05) is 24.4 Å². The number of aromatic nitrogens is 4. The normalized spacial score (nSPS) is 11.5. The molecule has 1 amide bonds. The Labute approximate surface area is 191 Å². The number of nitrogens with one attached hydrogen (secondary N) is 2. The SMILES string of the molecule is CC(=O)Cc1ccc(C(F)(F)F)cc1CC(=O)Nc1ccc(-c2ccnc3n[nH]c(N)c23)cn1. The zero-order valence-electron chi connectivity index (χ0n) is 17.9. The standard InChI is InChI=1S/C23H19F3N6O2/c1-12(33)8-13-2-4-16(23(24,25)26)9-15(13)10-19(34)30-18-5-3-14(11-29-18)17-6-7-28-22-20(17)21(27)31-32-22/h2-7,9,11H,8,10H2,1H3,(H,29,30,34)(H3,27,28,31,32). The quantitative estimate of drug-likeness (QED) is 0.394. The summed E-state index contributed by atoms with van der Waals surface area (Å²) in [5.74, 6) is -0.200. The van der Waals surface area contributed by atoms with E-state index in [1.54, 1.807) is 24.4 Å². The molecular weight excluding hydrogens is 449 g/mol. The monoisotopic (exact) mass is 468 g/mol. The van der Waals surface area contributed by atoms with Crippen molar-refractivity contribution < 1.29 is 22.8 Å². The van der Waals surface area contributed by atoms with Gasteiger partial charge in [-0.3, -0.25) is 14.7 Å². The number of carbonyl (C=O) groups is 2. The van der Waals surface area contributed by atoms with Crippen molar-refractivity contribution in [2.75, 3.05) is 11.1 Å². The van der Waals surface area contributed by atoms with E-state index in [0.29, 0.717) is 28.0 Å². The van der Waals surface area contributed by atoms with E-state index in [0.717, 1.165) is 17.7 Å². The number of ketones is 1. The molecule has 8 nitrogen and oxygen atoms in total. The molecule has 11 heteroatoms. The predicted molar refractivity (Wildman–Crippen MR) is 120 cm³/mol. The van der Waals surface area contributed by atoms with Gasteiger partial charge in [-0.25, -0.2) is 9.97 Å². The Morgan fingerprint density at radius 1 is 1.06 bits per heavy atom. The molecule has 4 N–H and O–H groups in total. The first-order valence-corrected chi connectivity index (χ1v) is 10.1. The lowest BCUT2D eigenvalue weighted by atomic mass is 9.97. The highest BCUT2D eigenvalue weighted by molar-refractivity contribution is 5.99. The summed E-state index contributed by atoms with van der Waals surface area (Å²) in [5, 5.41) is 9.91. The van der Waals surface area contributed by atoms with E-state index >= 15 is 0 Å². The van der Waals surface area contributed by atoms with Gasteiger partial charge < -0.3 is 11.1 Å². The molecular formula is C23H19F3N6O2. The van der Waals surface area contributed by atoms with Crippen LogP contribution in [0.2, 0.25) is 0 Å². The maximum Gasteiger partial charge on any atom is 0.416 e. The van der Waals surface area contributed by atoms with Crippen LogP contribution in [0.5, 0.6) is 0 Å². The number of halogens is 3. The first-order chi connectivity index (χ1) is 16.1. The summed E-state index contributed by atoms with van der Waals surface area (Å²) in [6, 6.07) is 8.08. The van der Waals surface area contributed by atoms with Gasteiger partial charge in [-0.15, -0.1) is 0 Å². The molecule has 1 aromatic carbocycles. The fraction of sp³-hybridized carbons (Fsp3) is 0.174. The largest absolute Gasteiger partial charge is 0.416 e. The van der Waals surface area contributed by atoms with Crippen molar-refractivity contribution in [2.24, 2.45) is 0 Å². The summed E-state index contributed by atoms with van der Waals surface area (Å²) < 4.78 is 39.4.